The second kappa shape index (κ2) is 4.13. The van der Waals surface area contributed by atoms with E-state index < -0.39 is 0 Å². The van der Waals surface area contributed by atoms with Crippen LogP contribution in [0.25, 0.3) is 21.8 Å². The van der Waals surface area contributed by atoms with Crippen molar-refractivity contribution in [1.82, 2.24) is 4.57 Å². The van der Waals surface area contributed by atoms with Gasteiger partial charge in [-0.15, -0.1) is 0 Å². The van der Waals surface area contributed by atoms with Crippen LogP contribution in [0.2, 0.25) is 0 Å². The van der Waals surface area contributed by atoms with Crippen molar-refractivity contribution < 1.29 is 4.79 Å². The van der Waals surface area contributed by atoms with E-state index in [4.69, 9.17) is 0 Å². The smallest absolute Gasteiger partial charge is 0.240 e. The highest BCUT2D eigenvalue weighted by atomic mass is 16.1. The lowest BCUT2D eigenvalue weighted by atomic mass is 10.1. The Labute approximate surface area is 104 Å². The van der Waals surface area contributed by atoms with Crippen molar-refractivity contribution >= 4 is 33.6 Å². The average molecular weight is 236 g/mol. The van der Waals surface area contributed by atoms with Crippen LogP contribution in [-0.2, 0) is 11.3 Å². The van der Waals surface area contributed by atoms with E-state index in [2.05, 4.69) is 28.6 Å². The Morgan fingerprint density at radius 1 is 1.11 bits per heavy atom. The highest BCUT2D eigenvalue weighted by Crippen LogP contribution is 2.31. The van der Waals surface area contributed by atoms with Crippen LogP contribution in [0.3, 0.4) is 0 Å². The molecule has 1 heterocycles. The van der Waals surface area contributed by atoms with Crippen molar-refractivity contribution in [3.8, 4) is 0 Å². The molecule has 3 nitrogen and oxygen atoms in total. The maximum Gasteiger partial charge on any atom is 0.240 e. The molecule has 0 aliphatic carbocycles. The number of para-hydroxylation sites is 1. The molecule has 0 amide bonds. The molecule has 0 aliphatic rings. The van der Waals surface area contributed by atoms with Crippen LogP contribution in [0.1, 0.15) is 6.92 Å². The summed E-state index contributed by atoms with van der Waals surface area (Å²) in [4.78, 5) is 14.0. The van der Waals surface area contributed by atoms with Gasteiger partial charge in [-0.2, -0.15) is 4.99 Å². The summed E-state index contributed by atoms with van der Waals surface area (Å²) in [6.07, 6.45) is 1.59. The van der Waals surface area contributed by atoms with E-state index in [-0.39, 0.29) is 0 Å². The minimum Gasteiger partial charge on any atom is -0.341 e. The molecule has 1 aromatic heterocycles. The lowest BCUT2D eigenvalue weighted by molar-refractivity contribution is 0.565. The highest BCUT2D eigenvalue weighted by molar-refractivity contribution is 6.08. The van der Waals surface area contributed by atoms with Gasteiger partial charge in [0.05, 0.1) is 5.69 Å². The molecule has 88 valence electrons. The zero-order chi connectivity index (χ0) is 12.5. The van der Waals surface area contributed by atoms with Gasteiger partial charge >= 0.3 is 0 Å². The van der Waals surface area contributed by atoms with Gasteiger partial charge in [0.15, 0.2) is 0 Å². The molecule has 0 unspecified atom stereocenters. The first-order chi connectivity index (χ1) is 8.85. The molecule has 0 fully saturated rings. The Morgan fingerprint density at radius 2 is 1.89 bits per heavy atom. The van der Waals surface area contributed by atoms with Gasteiger partial charge in [-0.3, -0.25) is 0 Å². The van der Waals surface area contributed by atoms with E-state index in [9.17, 15) is 4.79 Å². The third-order valence-electron chi connectivity index (χ3n) is 3.25. The Kier molecular flexibility index (Phi) is 2.47. The predicted octanol–water partition coefficient (Wildman–Crippen LogP) is 3.78. The minimum absolute atomic E-state index is 0.650. The number of aromatic nitrogens is 1. The van der Waals surface area contributed by atoms with E-state index in [1.54, 1.807) is 6.08 Å². The number of hydrogen-bond acceptors (Lipinski definition) is 2. The zero-order valence-corrected chi connectivity index (χ0v) is 10.1. The number of aliphatic imine (C=N–C) groups is 1. The quantitative estimate of drug-likeness (QED) is 0.492. The van der Waals surface area contributed by atoms with E-state index in [0.29, 0.717) is 5.69 Å². The fourth-order valence-corrected chi connectivity index (χ4v) is 2.50. The molecule has 0 aliphatic heterocycles. The van der Waals surface area contributed by atoms with E-state index in [1.807, 2.05) is 30.3 Å². The number of isocyanates is 1. The summed E-state index contributed by atoms with van der Waals surface area (Å²) in [5.74, 6) is 0. The van der Waals surface area contributed by atoms with Gasteiger partial charge in [-0.1, -0.05) is 18.2 Å². The van der Waals surface area contributed by atoms with Gasteiger partial charge in [0.25, 0.3) is 0 Å². The molecule has 0 spiro atoms. The maximum atomic E-state index is 10.3. The van der Waals surface area contributed by atoms with Crippen molar-refractivity contribution in [3.05, 3.63) is 42.5 Å². The summed E-state index contributed by atoms with van der Waals surface area (Å²) < 4.78 is 2.26. The molecule has 3 heteroatoms. The van der Waals surface area contributed by atoms with E-state index in [0.717, 1.165) is 11.9 Å². The van der Waals surface area contributed by atoms with Crippen molar-refractivity contribution in [1.29, 1.82) is 0 Å². The molecule has 0 atom stereocenters. The fourth-order valence-electron chi connectivity index (χ4n) is 2.50. The van der Waals surface area contributed by atoms with Crippen LogP contribution < -0.4 is 0 Å². The van der Waals surface area contributed by atoms with Crippen LogP contribution in [0.5, 0.6) is 0 Å². The molecule has 0 saturated carbocycles. The summed E-state index contributed by atoms with van der Waals surface area (Å²) >= 11 is 0. The first kappa shape index (κ1) is 10.8. The standard InChI is InChI=1S/C15H12N2O/c1-2-17-14-6-4-3-5-12(14)13-9-11(16-10-18)7-8-15(13)17/h3-9H,2H2,1H3. The molecule has 3 rings (SSSR count). The van der Waals surface area contributed by atoms with Crippen LogP contribution in [0, 0.1) is 0 Å². The van der Waals surface area contributed by atoms with Gasteiger partial charge in [0.2, 0.25) is 6.08 Å². The minimum atomic E-state index is 0.650. The van der Waals surface area contributed by atoms with Crippen LogP contribution in [-0.4, -0.2) is 10.6 Å². The second-order valence-electron chi connectivity index (χ2n) is 4.17. The predicted molar refractivity (Wildman–Crippen MR) is 72.9 cm³/mol. The van der Waals surface area contributed by atoms with Crippen molar-refractivity contribution in [3.63, 3.8) is 0 Å². The van der Waals surface area contributed by atoms with Crippen LogP contribution in [0.15, 0.2) is 47.5 Å². The molecular formula is C15H12N2O. The monoisotopic (exact) mass is 236 g/mol. The molecule has 18 heavy (non-hydrogen) atoms. The van der Waals surface area contributed by atoms with Crippen molar-refractivity contribution in [2.45, 2.75) is 13.5 Å². The summed E-state index contributed by atoms with van der Waals surface area (Å²) in [5.41, 5.74) is 3.03. The number of rotatable bonds is 2. The normalized spacial score (nSPS) is 10.7. The Hall–Kier alpha value is -2.38. The first-order valence-corrected chi connectivity index (χ1v) is 5.94. The molecule has 0 N–H and O–H groups in total. The Bertz CT molecular complexity index is 780. The van der Waals surface area contributed by atoms with Gasteiger partial charge in [-0.05, 0) is 31.2 Å². The van der Waals surface area contributed by atoms with Gasteiger partial charge in [0, 0.05) is 28.4 Å². The van der Waals surface area contributed by atoms with Gasteiger partial charge < -0.3 is 4.57 Å². The summed E-state index contributed by atoms with van der Waals surface area (Å²) in [6.45, 7) is 3.05. The summed E-state index contributed by atoms with van der Waals surface area (Å²) in [6, 6.07) is 14.1. The third kappa shape index (κ3) is 1.45. The molecule has 0 bridgehead atoms. The number of benzene rings is 2. The van der Waals surface area contributed by atoms with Gasteiger partial charge in [0.1, 0.15) is 0 Å². The Balaban J connectivity index is 2.48. The molecule has 2 aromatic carbocycles. The summed E-state index contributed by atoms with van der Waals surface area (Å²) in [7, 11) is 0. The average Bonchev–Trinajstić information content (AvgIpc) is 2.72. The largest absolute Gasteiger partial charge is 0.341 e. The third-order valence-corrected chi connectivity index (χ3v) is 3.25. The summed E-state index contributed by atoms with van der Waals surface area (Å²) in [5, 5.41) is 2.32. The zero-order valence-electron chi connectivity index (χ0n) is 10.1. The number of fused-ring (bicyclic) bond motifs is 3. The number of aryl methyl sites for hydroxylation is 1. The maximum absolute atomic E-state index is 10.3. The second-order valence-corrected chi connectivity index (χ2v) is 4.17. The van der Waals surface area contributed by atoms with Gasteiger partial charge in [-0.25, -0.2) is 4.79 Å². The SMILES string of the molecule is CCn1c2ccccc2c2cc(N=C=O)ccc21. The topological polar surface area (TPSA) is 34.4 Å². The molecule has 3 aromatic rings. The number of hydrogen-bond donors (Lipinski definition) is 0. The van der Waals surface area contributed by atoms with Crippen LogP contribution in [0.4, 0.5) is 5.69 Å². The lowest BCUT2D eigenvalue weighted by Crippen LogP contribution is -1.92. The number of carbonyl (C=O) groups excluding carboxylic acids is 1. The van der Waals surface area contributed by atoms with E-state index >= 15 is 0 Å². The van der Waals surface area contributed by atoms with E-state index in [1.165, 1.54) is 16.4 Å². The molecule has 0 radical (unpaired) electrons. The fraction of sp³-hybridized carbons (Fsp3) is 0.133. The molecule has 0 saturated heterocycles. The van der Waals surface area contributed by atoms with Crippen molar-refractivity contribution in [2.24, 2.45) is 4.99 Å². The lowest BCUT2D eigenvalue weighted by Gasteiger charge is -2.02. The van der Waals surface area contributed by atoms with Crippen LogP contribution >= 0.6 is 0 Å². The molecular weight excluding hydrogens is 224 g/mol. The van der Waals surface area contributed by atoms with Crippen molar-refractivity contribution in [2.75, 3.05) is 0 Å². The Morgan fingerprint density at radius 3 is 2.67 bits per heavy atom. The first-order valence-electron chi connectivity index (χ1n) is 5.94. The number of nitrogens with zero attached hydrogens (tertiary/aromatic N) is 2. The highest BCUT2D eigenvalue weighted by Gasteiger charge is 2.09.